The van der Waals surface area contributed by atoms with Gasteiger partial charge < -0.3 is 21.1 Å². The fourth-order valence-corrected chi connectivity index (χ4v) is 2.94. The Hall–Kier alpha value is -3.03. The number of nitrogens with two attached hydrogens (primary N) is 1. The Kier molecular flexibility index (Phi) is 4.93. The minimum absolute atomic E-state index is 0.00316. The maximum atomic E-state index is 14.1. The Morgan fingerprint density at radius 1 is 1.04 bits per heavy atom. The lowest BCUT2D eigenvalue weighted by Crippen LogP contribution is -2.10. The Balaban J connectivity index is 1.58. The Labute approximate surface area is 170 Å². The van der Waals surface area contributed by atoms with Crippen molar-refractivity contribution in [3.8, 4) is 5.75 Å². The number of nitrogens with zero attached hydrogens (tertiary/aromatic N) is 2. The maximum absolute atomic E-state index is 14.1. The summed E-state index contributed by atoms with van der Waals surface area (Å²) >= 11 is 11.9. The number of anilines is 4. The van der Waals surface area contributed by atoms with Crippen molar-refractivity contribution in [2.45, 2.75) is 0 Å². The van der Waals surface area contributed by atoms with Gasteiger partial charge in [-0.15, -0.1) is 0 Å². The minimum Gasteiger partial charge on any atom is -0.489 e. The third kappa shape index (κ3) is 3.81. The van der Waals surface area contributed by atoms with E-state index in [1.807, 2.05) is 6.07 Å². The second-order valence-electron chi connectivity index (χ2n) is 5.95. The molecule has 142 valence electrons. The highest BCUT2D eigenvalue weighted by Gasteiger charge is 2.13. The number of halogens is 3. The van der Waals surface area contributed by atoms with Crippen LogP contribution < -0.4 is 21.1 Å². The minimum atomic E-state index is -0.609. The van der Waals surface area contributed by atoms with E-state index in [-0.39, 0.29) is 11.8 Å². The van der Waals surface area contributed by atoms with E-state index in [1.54, 1.807) is 36.4 Å². The molecule has 9 heteroatoms. The van der Waals surface area contributed by atoms with Crippen molar-refractivity contribution in [3.63, 3.8) is 0 Å². The van der Waals surface area contributed by atoms with E-state index in [0.29, 0.717) is 39.5 Å². The topological polar surface area (TPSA) is 85.1 Å². The third-order valence-corrected chi connectivity index (χ3v) is 4.75. The second-order valence-corrected chi connectivity index (χ2v) is 6.76. The van der Waals surface area contributed by atoms with Crippen molar-refractivity contribution >= 4 is 52.0 Å². The Bertz CT molecular complexity index is 1090. The van der Waals surface area contributed by atoms with Crippen molar-refractivity contribution in [3.05, 3.63) is 70.1 Å². The number of fused-ring (bicyclic) bond motifs is 1. The molecule has 0 fully saturated rings. The number of rotatable bonds is 4. The van der Waals surface area contributed by atoms with E-state index in [1.165, 1.54) is 0 Å². The van der Waals surface area contributed by atoms with Gasteiger partial charge in [-0.1, -0.05) is 23.2 Å². The molecule has 0 saturated heterocycles. The summed E-state index contributed by atoms with van der Waals surface area (Å²) in [6.07, 6.45) is 2.87. The average Bonchev–Trinajstić information content (AvgIpc) is 2.68. The van der Waals surface area contributed by atoms with Crippen LogP contribution in [0.5, 0.6) is 5.75 Å². The fraction of sp³-hybridized carbons (Fsp3) is 0.0526. The largest absolute Gasteiger partial charge is 0.489 e. The molecule has 1 aliphatic heterocycles. The van der Waals surface area contributed by atoms with Crippen LogP contribution >= 0.6 is 23.2 Å². The van der Waals surface area contributed by atoms with Crippen LogP contribution in [0.2, 0.25) is 10.0 Å². The molecule has 0 amide bonds. The number of hydrogen-bond donors (Lipinski definition) is 3. The molecule has 1 aromatic heterocycles. The third-order valence-electron chi connectivity index (χ3n) is 4.02. The number of hydrogen-bond acceptors (Lipinski definition) is 6. The van der Waals surface area contributed by atoms with Crippen LogP contribution in [0.1, 0.15) is 5.56 Å². The summed E-state index contributed by atoms with van der Waals surface area (Å²) < 4.78 is 19.7. The van der Waals surface area contributed by atoms with Gasteiger partial charge in [-0.2, -0.15) is 4.98 Å². The first-order valence-electron chi connectivity index (χ1n) is 8.24. The fourth-order valence-electron chi connectivity index (χ4n) is 2.65. The van der Waals surface area contributed by atoms with Crippen LogP contribution in [0.3, 0.4) is 0 Å². The molecule has 0 atom stereocenters. The second kappa shape index (κ2) is 7.53. The van der Waals surface area contributed by atoms with Gasteiger partial charge in [-0.3, -0.25) is 0 Å². The molecule has 4 N–H and O–H groups in total. The van der Waals surface area contributed by atoms with Gasteiger partial charge >= 0.3 is 0 Å². The van der Waals surface area contributed by atoms with Crippen LogP contribution in [0.15, 0.2) is 48.7 Å². The lowest BCUT2D eigenvalue weighted by molar-refractivity contribution is 0.357. The predicted molar refractivity (Wildman–Crippen MR) is 109 cm³/mol. The van der Waals surface area contributed by atoms with Crippen molar-refractivity contribution in [2.75, 3.05) is 17.2 Å². The summed E-state index contributed by atoms with van der Waals surface area (Å²) in [6, 6.07) is 10.3. The quantitative estimate of drug-likeness (QED) is 0.547. The number of benzene rings is 2. The first-order valence-corrected chi connectivity index (χ1v) is 9.00. The molecule has 0 bridgehead atoms. The number of aromatic nitrogens is 2. The molecule has 0 saturated carbocycles. The smallest absolute Gasteiger partial charge is 0.229 e. The van der Waals surface area contributed by atoms with E-state index >= 15 is 0 Å². The van der Waals surface area contributed by atoms with Gasteiger partial charge in [0.15, 0.2) is 11.6 Å². The SMILES string of the molecule is NC1=CCOc2ccc(Nc3ncc(F)c(Nc4ccc(Cl)c(Cl)c4)n3)cc21. The molecular formula is C19H14Cl2FN5O. The zero-order valence-corrected chi connectivity index (χ0v) is 15.9. The molecule has 2 heterocycles. The zero-order valence-electron chi connectivity index (χ0n) is 14.3. The summed E-state index contributed by atoms with van der Waals surface area (Å²) in [5, 5.41) is 6.65. The summed E-state index contributed by atoms with van der Waals surface area (Å²) in [5.41, 5.74) is 8.64. The summed E-state index contributed by atoms with van der Waals surface area (Å²) in [5.74, 6) is 0.301. The predicted octanol–water partition coefficient (Wildman–Crippen LogP) is 5.10. The molecule has 6 nitrogen and oxygen atoms in total. The van der Waals surface area contributed by atoms with Crippen molar-refractivity contribution < 1.29 is 9.13 Å². The molecule has 2 aromatic carbocycles. The molecular weight excluding hydrogens is 404 g/mol. The monoisotopic (exact) mass is 417 g/mol. The molecule has 0 spiro atoms. The van der Waals surface area contributed by atoms with Crippen LogP contribution in [0.4, 0.5) is 27.5 Å². The molecule has 3 aromatic rings. The lowest BCUT2D eigenvalue weighted by Gasteiger charge is -2.17. The normalized spacial score (nSPS) is 12.6. The molecule has 1 aliphatic rings. The average molecular weight is 418 g/mol. The molecule has 0 radical (unpaired) electrons. The molecule has 0 unspecified atom stereocenters. The lowest BCUT2D eigenvalue weighted by atomic mass is 10.1. The van der Waals surface area contributed by atoms with Gasteiger partial charge in [0.25, 0.3) is 0 Å². The number of nitrogens with one attached hydrogen (secondary N) is 2. The van der Waals surface area contributed by atoms with E-state index < -0.39 is 5.82 Å². The van der Waals surface area contributed by atoms with Crippen molar-refractivity contribution in [2.24, 2.45) is 5.73 Å². The van der Waals surface area contributed by atoms with Gasteiger partial charge in [0.05, 0.1) is 16.2 Å². The van der Waals surface area contributed by atoms with Crippen molar-refractivity contribution in [1.29, 1.82) is 0 Å². The molecule has 0 aliphatic carbocycles. The highest BCUT2D eigenvalue weighted by atomic mass is 35.5. The van der Waals surface area contributed by atoms with Gasteiger partial charge in [0.1, 0.15) is 12.4 Å². The number of ether oxygens (including phenoxy) is 1. The standard InChI is InChI=1S/C19H14Cl2FN5O/c20-13-3-1-11(8-14(13)21)25-18-15(22)9-24-19(27-18)26-10-2-4-17-12(7-10)16(23)5-6-28-17/h1-5,7-9H,6,23H2,(H2,24,25,26,27). The van der Waals surface area contributed by atoms with Crippen LogP contribution in [0, 0.1) is 5.82 Å². The maximum Gasteiger partial charge on any atom is 0.229 e. The van der Waals surface area contributed by atoms with Gasteiger partial charge in [0.2, 0.25) is 5.95 Å². The van der Waals surface area contributed by atoms with Crippen LogP contribution in [0.25, 0.3) is 5.70 Å². The molecule has 4 rings (SSSR count). The zero-order chi connectivity index (χ0) is 19.7. The highest BCUT2D eigenvalue weighted by molar-refractivity contribution is 6.42. The van der Waals surface area contributed by atoms with E-state index in [4.69, 9.17) is 33.7 Å². The van der Waals surface area contributed by atoms with Crippen molar-refractivity contribution in [1.82, 2.24) is 9.97 Å². The first kappa shape index (κ1) is 18.3. The van der Waals surface area contributed by atoms with Gasteiger partial charge in [-0.25, -0.2) is 9.37 Å². The Morgan fingerprint density at radius 2 is 1.82 bits per heavy atom. The van der Waals surface area contributed by atoms with E-state index in [9.17, 15) is 4.39 Å². The van der Waals surface area contributed by atoms with Gasteiger partial charge in [0, 0.05) is 22.6 Å². The highest BCUT2D eigenvalue weighted by Crippen LogP contribution is 2.31. The first-order chi connectivity index (χ1) is 13.5. The van der Waals surface area contributed by atoms with E-state index in [0.717, 1.165) is 11.8 Å². The van der Waals surface area contributed by atoms with E-state index in [2.05, 4.69) is 20.6 Å². The van der Waals surface area contributed by atoms with Crippen LogP contribution in [-0.4, -0.2) is 16.6 Å². The van der Waals surface area contributed by atoms with Crippen LogP contribution in [-0.2, 0) is 0 Å². The summed E-state index contributed by atoms with van der Waals surface area (Å²) in [4.78, 5) is 8.16. The summed E-state index contributed by atoms with van der Waals surface area (Å²) in [7, 11) is 0. The Morgan fingerprint density at radius 3 is 2.64 bits per heavy atom. The van der Waals surface area contributed by atoms with Gasteiger partial charge in [-0.05, 0) is 42.5 Å². The molecule has 28 heavy (non-hydrogen) atoms. The summed E-state index contributed by atoms with van der Waals surface area (Å²) in [6.45, 7) is 0.441.